The highest BCUT2D eigenvalue weighted by atomic mass is 32.1. The first kappa shape index (κ1) is 14.3. The molecule has 0 bridgehead atoms. The van der Waals surface area contributed by atoms with E-state index < -0.39 is 5.97 Å². The number of hydrogen-bond acceptors (Lipinski definition) is 4. The van der Waals surface area contributed by atoms with E-state index in [4.69, 9.17) is 5.11 Å². The zero-order valence-electron chi connectivity index (χ0n) is 11.9. The zero-order chi connectivity index (χ0) is 15.0. The van der Waals surface area contributed by atoms with Crippen molar-refractivity contribution < 1.29 is 14.7 Å². The Balaban J connectivity index is 1.70. The first-order valence-corrected chi connectivity index (χ1v) is 8.06. The minimum atomic E-state index is -1.01. The number of fused-ring (bicyclic) bond motifs is 1. The first-order chi connectivity index (χ1) is 10.1. The Morgan fingerprint density at radius 1 is 1.43 bits per heavy atom. The normalized spacial score (nSPS) is 25.7. The van der Waals surface area contributed by atoms with Crippen molar-refractivity contribution in [2.45, 2.75) is 31.8 Å². The number of amides is 2. The minimum Gasteiger partial charge on any atom is -0.478 e. The monoisotopic (exact) mass is 309 g/mol. The number of hydrogen-bond donors (Lipinski definition) is 2. The predicted molar refractivity (Wildman–Crippen MR) is 81.1 cm³/mol. The van der Waals surface area contributed by atoms with Gasteiger partial charge >= 0.3 is 12.0 Å². The molecule has 0 aliphatic carbocycles. The lowest BCUT2D eigenvalue weighted by Crippen LogP contribution is -2.57. The quantitative estimate of drug-likeness (QED) is 0.878. The van der Waals surface area contributed by atoms with E-state index >= 15 is 0 Å². The lowest BCUT2D eigenvalue weighted by molar-refractivity contribution is 0.0698. The van der Waals surface area contributed by atoms with Crippen molar-refractivity contribution in [3.63, 3.8) is 0 Å². The number of nitrogens with one attached hydrogen (secondary N) is 1. The van der Waals surface area contributed by atoms with Crippen molar-refractivity contribution in [3.05, 3.63) is 17.0 Å². The number of thiophene rings is 1. The number of rotatable bonds is 2. The molecule has 3 heterocycles. The average Bonchev–Trinajstić information content (AvgIpc) is 3.05. The molecule has 2 fully saturated rings. The number of piperazine rings is 1. The molecule has 2 aliphatic rings. The van der Waals surface area contributed by atoms with Gasteiger partial charge in [-0.2, -0.15) is 0 Å². The molecular weight excluding hydrogens is 290 g/mol. The molecule has 2 aliphatic heterocycles. The third-order valence-corrected chi connectivity index (χ3v) is 5.14. The van der Waals surface area contributed by atoms with E-state index in [-0.39, 0.29) is 17.6 Å². The third kappa shape index (κ3) is 2.75. The molecule has 3 rings (SSSR count). The van der Waals surface area contributed by atoms with Crippen LogP contribution in [0.2, 0.25) is 0 Å². The molecule has 7 heteroatoms. The van der Waals surface area contributed by atoms with Crippen molar-refractivity contribution in [1.29, 1.82) is 0 Å². The van der Waals surface area contributed by atoms with Crippen LogP contribution in [0, 0.1) is 0 Å². The number of aromatic carboxylic acids is 1. The van der Waals surface area contributed by atoms with Gasteiger partial charge in [0.2, 0.25) is 0 Å². The molecule has 0 spiro atoms. The Bertz CT molecular complexity index is 559. The maximum Gasteiger partial charge on any atom is 0.338 e. The summed E-state index contributed by atoms with van der Waals surface area (Å²) >= 11 is 1.24. The highest BCUT2D eigenvalue weighted by Gasteiger charge is 2.36. The van der Waals surface area contributed by atoms with Gasteiger partial charge in [-0.3, -0.25) is 10.2 Å². The molecule has 21 heavy (non-hydrogen) atoms. The van der Waals surface area contributed by atoms with E-state index in [1.54, 1.807) is 5.38 Å². The summed E-state index contributed by atoms with van der Waals surface area (Å²) in [6, 6.07) is 1.92. The molecule has 2 amide bonds. The molecule has 1 aromatic rings. The molecule has 2 atom stereocenters. The van der Waals surface area contributed by atoms with E-state index in [1.807, 2.05) is 11.8 Å². The van der Waals surface area contributed by atoms with E-state index in [1.165, 1.54) is 23.8 Å². The highest BCUT2D eigenvalue weighted by Crippen LogP contribution is 2.27. The summed E-state index contributed by atoms with van der Waals surface area (Å²) in [7, 11) is 0. The van der Waals surface area contributed by atoms with Gasteiger partial charge in [0.15, 0.2) is 0 Å². The van der Waals surface area contributed by atoms with Crippen LogP contribution in [-0.2, 0) is 0 Å². The van der Waals surface area contributed by atoms with Crippen molar-refractivity contribution in [2.24, 2.45) is 0 Å². The van der Waals surface area contributed by atoms with Gasteiger partial charge in [0.25, 0.3) is 0 Å². The van der Waals surface area contributed by atoms with Gasteiger partial charge in [-0.15, -0.1) is 11.3 Å². The summed E-state index contributed by atoms with van der Waals surface area (Å²) < 4.78 is 0. The summed E-state index contributed by atoms with van der Waals surface area (Å²) in [6.45, 7) is 4.79. The van der Waals surface area contributed by atoms with Gasteiger partial charge in [-0.25, -0.2) is 9.59 Å². The predicted octanol–water partition coefficient (Wildman–Crippen LogP) is 2.15. The van der Waals surface area contributed by atoms with Gasteiger partial charge in [-0.1, -0.05) is 0 Å². The highest BCUT2D eigenvalue weighted by molar-refractivity contribution is 7.14. The van der Waals surface area contributed by atoms with Crippen molar-refractivity contribution in [2.75, 3.05) is 25.0 Å². The van der Waals surface area contributed by atoms with Crippen LogP contribution < -0.4 is 5.32 Å². The number of carbonyl (C=O) groups is 2. The number of nitrogens with zero attached hydrogens (tertiary/aromatic N) is 2. The molecule has 1 aromatic heterocycles. The van der Waals surface area contributed by atoms with Crippen LogP contribution in [0.1, 0.15) is 30.1 Å². The van der Waals surface area contributed by atoms with E-state index in [0.717, 1.165) is 26.1 Å². The summed E-state index contributed by atoms with van der Waals surface area (Å²) in [5.74, 6) is -1.01. The fraction of sp³-hybridized carbons (Fsp3) is 0.571. The summed E-state index contributed by atoms with van der Waals surface area (Å²) in [6.07, 6.45) is 2.33. The Hall–Kier alpha value is -1.60. The molecule has 0 radical (unpaired) electrons. The van der Waals surface area contributed by atoms with Crippen LogP contribution in [0.5, 0.6) is 0 Å². The second-order valence-electron chi connectivity index (χ2n) is 5.69. The molecule has 2 N–H and O–H groups in total. The SMILES string of the molecule is CC1CN2CCCC2CN1C(=O)Nc1sccc1C(=O)O. The standard InChI is InChI=1S/C14H19N3O3S/c1-9-7-16-5-2-3-10(16)8-17(9)14(20)15-12-11(13(18)19)4-6-21-12/h4,6,9-10H,2-3,5,7-8H2,1H3,(H,15,20)(H,18,19). The van der Waals surface area contributed by atoms with Crippen LogP contribution >= 0.6 is 11.3 Å². The van der Waals surface area contributed by atoms with Crippen LogP contribution in [0.3, 0.4) is 0 Å². The molecule has 6 nitrogen and oxygen atoms in total. The van der Waals surface area contributed by atoms with E-state index in [2.05, 4.69) is 10.2 Å². The summed E-state index contributed by atoms with van der Waals surface area (Å²) in [5.41, 5.74) is 0.153. The van der Waals surface area contributed by atoms with Gasteiger partial charge in [0.1, 0.15) is 5.00 Å². The van der Waals surface area contributed by atoms with Crippen LogP contribution in [0.4, 0.5) is 9.80 Å². The molecule has 0 aromatic carbocycles. The number of anilines is 1. The Kier molecular flexibility index (Phi) is 3.86. The fourth-order valence-electron chi connectivity index (χ4n) is 3.21. The number of urea groups is 1. The van der Waals surface area contributed by atoms with Gasteiger partial charge < -0.3 is 10.0 Å². The largest absolute Gasteiger partial charge is 0.478 e. The van der Waals surface area contributed by atoms with Gasteiger partial charge in [-0.05, 0) is 37.8 Å². The van der Waals surface area contributed by atoms with Crippen LogP contribution in [0.25, 0.3) is 0 Å². The first-order valence-electron chi connectivity index (χ1n) is 7.18. The second-order valence-corrected chi connectivity index (χ2v) is 6.61. The van der Waals surface area contributed by atoms with Crippen molar-refractivity contribution >= 4 is 28.3 Å². The number of carbonyl (C=O) groups excluding carboxylic acids is 1. The molecule has 2 unspecified atom stereocenters. The molecular formula is C14H19N3O3S. The average molecular weight is 309 g/mol. The Morgan fingerprint density at radius 3 is 3.00 bits per heavy atom. The van der Waals surface area contributed by atoms with Crippen molar-refractivity contribution in [3.8, 4) is 0 Å². The lowest BCUT2D eigenvalue weighted by atomic mass is 10.1. The van der Waals surface area contributed by atoms with Crippen LogP contribution in [0.15, 0.2) is 11.4 Å². The lowest BCUT2D eigenvalue weighted by Gasteiger charge is -2.42. The fourth-order valence-corrected chi connectivity index (χ4v) is 3.98. The van der Waals surface area contributed by atoms with Crippen molar-refractivity contribution in [1.82, 2.24) is 9.80 Å². The molecule has 0 saturated carbocycles. The second kappa shape index (κ2) is 5.65. The molecule has 2 saturated heterocycles. The summed E-state index contributed by atoms with van der Waals surface area (Å²) in [4.78, 5) is 27.8. The topological polar surface area (TPSA) is 72.9 Å². The maximum absolute atomic E-state index is 12.4. The molecule has 114 valence electrons. The van der Waals surface area contributed by atoms with Gasteiger partial charge in [0, 0.05) is 25.2 Å². The third-order valence-electron chi connectivity index (χ3n) is 4.31. The zero-order valence-corrected chi connectivity index (χ0v) is 12.7. The smallest absolute Gasteiger partial charge is 0.338 e. The Labute approximate surface area is 127 Å². The van der Waals surface area contributed by atoms with Gasteiger partial charge in [0.05, 0.1) is 5.56 Å². The number of carboxylic acids is 1. The number of carboxylic acid groups (broad SMARTS) is 1. The maximum atomic E-state index is 12.4. The minimum absolute atomic E-state index is 0.146. The summed E-state index contributed by atoms with van der Waals surface area (Å²) in [5, 5.41) is 13.9. The Morgan fingerprint density at radius 2 is 2.24 bits per heavy atom. The van der Waals surface area contributed by atoms with Crippen LogP contribution in [-0.4, -0.2) is 58.6 Å². The van der Waals surface area contributed by atoms with E-state index in [9.17, 15) is 9.59 Å². The van der Waals surface area contributed by atoms with E-state index in [0.29, 0.717) is 11.0 Å².